The number of nitrogens with one attached hydrogen (secondary N) is 1. The van der Waals surface area contributed by atoms with Crippen LogP contribution in [0.4, 0.5) is 0 Å². The average Bonchev–Trinajstić information content (AvgIpc) is 2.94. The van der Waals surface area contributed by atoms with Crippen molar-refractivity contribution in [2.45, 2.75) is 39.7 Å². The number of nitrogens with zero attached hydrogens (tertiary/aromatic N) is 1. The van der Waals surface area contributed by atoms with Crippen molar-refractivity contribution in [3.05, 3.63) is 11.6 Å². The smallest absolute Gasteiger partial charge is 0.0137 e. The highest BCUT2D eigenvalue weighted by atomic mass is 15.2. The van der Waals surface area contributed by atoms with Crippen molar-refractivity contribution in [2.24, 2.45) is 0 Å². The van der Waals surface area contributed by atoms with Gasteiger partial charge in [0.15, 0.2) is 0 Å². The molecule has 0 amide bonds. The van der Waals surface area contributed by atoms with E-state index in [1.807, 2.05) is 0 Å². The molecule has 0 spiro atoms. The molecule has 0 aromatic heterocycles. The zero-order chi connectivity index (χ0) is 10.4. The molecule has 0 aliphatic heterocycles. The minimum absolute atomic E-state index is 0.908. The molecule has 0 saturated heterocycles. The van der Waals surface area contributed by atoms with E-state index in [1.165, 1.54) is 31.5 Å². The van der Waals surface area contributed by atoms with Gasteiger partial charge in [-0.1, -0.05) is 18.6 Å². The first-order valence-electron chi connectivity index (χ1n) is 5.82. The molecule has 1 rings (SSSR count). The summed E-state index contributed by atoms with van der Waals surface area (Å²) in [6, 6.07) is 0.908. The average molecular weight is 196 g/mol. The zero-order valence-electron chi connectivity index (χ0n) is 9.84. The predicted octanol–water partition coefficient (Wildman–Crippen LogP) is 2.03. The van der Waals surface area contributed by atoms with E-state index in [1.54, 1.807) is 0 Å². The van der Waals surface area contributed by atoms with Crippen LogP contribution in [0.3, 0.4) is 0 Å². The zero-order valence-corrected chi connectivity index (χ0v) is 9.84. The largest absolute Gasteiger partial charge is 0.312 e. The lowest BCUT2D eigenvalue weighted by molar-refractivity contribution is 0.278. The fourth-order valence-electron chi connectivity index (χ4n) is 1.64. The van der Waals surface area contributed by atoms with Gasteiger partial charge in [-0.15, -0.1) is 0 Å². The van der Waals surface area contributed by atoms with Crippen LogP contribution in [-0.4, -0.2) is 37.1 Å². The molecule has 0 aromatic carbocycles. The normalized spacial score (nSPS) is 16.0. The van der Waals surface area contributed by atoms with E-state index in [-0.39, 0.29) is 0 Å². The first kappa shape index (κ1) is 11.7. The molecule has 1 saturated carbocycles. The molecule has 0 atom stereocenters. The lowest BCUT2D eigenvalue weighted by Crippen LogP contribution is -2.33. The summed E-state index contributed by atoms with van der Waals surface area (Å²) in [7, 11) is 0. The van der Waals surface area contributed by atoms with Gasteiger partial charge in [0.25, 0.3) is 0 Å². The fourth-order valence-corrected chi connectivity index (χ4v) is 1.64. The Morgan fingerprint density at radius 1 is 1.43 bits per heavy atom. The predicted molar refractivity (Wildman–Crippen MR) is 62.6 cm³/mol. The Bertz CT molecular complexity index is 179. The van der Waals surface area contributed by atoms with Crippen molar-refractivity contribution < 1.29 is 0 Å². The van der Waals surface area contributed by atoms with Crippen molar-refractivity contribution in [3.63, 3.8) is 0 Å². The van der Waals surface area contributed by atoms with Crippen molar-refractivity contribution in [1.82, 2.24) is 10.2 Å². The maximum Gasteiger partial charge on any atom is 0.0137 e. The highest BCUT2D eigenvalue weighted by molar-refractivity contribution is 4.94. The summed E-state index contributed by atoms with van der Waals surface area (Å²) in [6.45, 7) is 11.1. The lowest BCUT2D eigenvalue weighted by Gasteiger charge is -2.19. The van der Waals surface area contributed by atoms with E-state index in [0.29, 0.717) is 0 Å². The molecular weight excluding hydrogens is 172 g/mol. The molecule has 14 heavy (non-hydrogen) atoms. The summed E-state index contributed by atoms with van der Waals surface area (Å²) in [5, 5.41) is 3.45. The Labute approximate surface area is 88.4 Å². The maximum atomic E-state index is 3.45. The first-order valence-corrected chi connectivity index (χ1v) is 5.82. The summed E-state index contributed by atoms with van der Waals surface area (Å²) < 4.78 is 0. The summed E-state index contributed by atoms with van der Waals surface area (Å²) in [5.41, 5.74) is 1.40. The van der Waals surface area contributed by atoms with Crippen LogP contribution >= 0.6 is 0 Å². The Kier molecular flexibility index (Phi) is 5.20. The van der Waals surface area contributed by atoms with Crippen LogP contribution in [-0.2, 0) is 0 Å². The van der Waals surface area contributed by atoms with Gasteiger partial charge >= 0.3 is 0 Å². The van der Waals surface area contributed by atoms with E-state index >= 15 is 0 Å². The van der Waals surface area contributed by atoms with Gasteiger partial charge in [0.1, 0.15) is 0 Å². The molecule has 1 N–H and O–H groups in total. The van der Waals surface area contributed by atoms with Gasteiger partial charge in [-0.05, 0) is 33.2 Å². The molecule has 0 heterocycles. The SMILES string of the molecule is CCN(CCNCC=C(C)C)C1CC1. The molecule has 2 heteroatoms. The van der Waals surface area contributed by atoms with Crippen LogP contribution in [0.25, 0.3) is 0 Å². The van der Waals surface area contributed by atoms with E-state index in [9.17, 15) is 0 Å². The Balaban J connectivity index is 1.99. The van der Waals surface area contributed by atoms with Crippen LogP contribution < -0.4 is 5.32 Å². The number of allylic oxidation sites excluding steroid dienone is 1. The van der Waals surface area contributed by atoms with Crippen molar-refractivity contribution in [2.75, 3.05) is 26.2 Å². The molecule has 2 nitrogen and oxygen atoms in total. The molecule has 0 unspecified atom stereocenters. The highest BCUT2D eigenvalue weighted by Crippen LogP contribution is 2.25. The second kappa shape index (κ2) is 6.20. The fraction of sp³-hybridized carbons (Fsp3) is 0.833. The second-order valence-electron chi connectivity index (χ2n) is 4.35. The van der Waals surface area contributed by atoms with Gasteiger partial charge in [0, 0.05) is 25.7 Å². The van der Waals surface area contributed by atoms with Crippen LogP contribution in [0.15, 0.2) is 11.6 Å². The second-order valence-corrected chi connectivity index (χ2v) is 4.35. The molecule has 82 valence electrons. The van der Waals surface area contributed by atoms with Gasteiger partial charge in [-0.2, -0.15) is 0 Å². The Hall–Kier alpha value is -0.340. The summed E-state index contributed by atoms with van der Waals surface area (Å²) in [5.74, 6) is 0. The van der Waals surface area contributed by atoms with Gasteiger partial charge in [-0.25, -0.2) is 0 Å². The third-order valence-electron chi connectivity index (χ3n) is 2.70. The minimum atomic E-state index is 0.908. The molecule has 1 aliphatic carbocycles. The number of likely N-dealkylation sites (N-methyl/N-ethyl adjacent to an activating group) is 1. The first-order chi connectivity index (χ1) is 6.74. The maximum absolute atomic E-state index is 3.45. The number of hydrogen-bond donors (Lipinski definition) is 1. The standard InChI is InChI=1S/C12H24N2/c1-4-14(12-5-6-12)10-9-13-8-7-11(2)3/h7,12-13H,4-6,8-10H2,1-3H3. The number of hydrogen-bond acceptors (Lipinski definition) is 2. The van der Waals surface area contributed by atoms with Crippen molar-refractivity contribution in [3.8, 4) is 0 Å². The van der Waals surface area contributed by atoms with Crippen molar-refractivity contribution >= 4 is 0 Å². The quantitative estimate of drug-likeness (QED) is 0.495. The van der Waals surface area contributed by atoms with Crippen LogP contribution in [0.1, 0.15) is 33.6 Å². The summed E-state index contributed by atoms with van der Waals surface area (Å²) >= 11 is 0. The van der Waals surface area contributed by atoms with Gasteiger partial charge in [0.2, 0.25) is 0 Å². The molecule has 1 aliphatic rings. The van der Waals surface area contributed by atoms with Crippen molar-refractivity contribution in [1.29, 1.82) is 0 Å². The van der Waals surface area contributed by atoms with E-state index < -0.39 is 0 Å². The van der Waals surface area contributed by atoms with E-state index in [0.717, 1.165) is 19.1 Å². The third kappa shape index (κ3) is 4.77. The van der Waals surface area contributed by atoms with Gasteiger partial charge in [0.05, 0.1) is 0 Å². The topological polar surface area (TPSA) is 15.3 Å². The van der Waals surface area contributed by atoms with Crippen LogP contribution in [0, 0.1) is 0 Å². The highest BCUT2D eigenvalue weighted by Gasteiger charge is 2.26. The molecule has 1 fully saturated rings. The van der Waals surface area contributed by atoms with Crippen LogP contribution in [0.5, 0.6) is 0 Å². The molecule has 0 radical (unpaired) electrons. The number of rotatable bonds is 7. The van der Waals surface area contributed by atoms with Gasteiger partial charge in [-0.3, -0.25) is 4.90 Å². The lowest BCUT2D eigenvalue weighted by atomic mass is 10.3. The minimum Gasteiger partial charge on any atom is -0.312 e. The molecular formula is C12H24N2. The monoisotopic (exact) mass is 196 g/mol. The summed E-state index contributed by atoms with van der Waals surface area (Å²) in [6.07, 6.45) is 5.08. The molecule has 0 aromatic rings. The van der Waals surface area contributed by atoms with E-state index in [4.69, 9.17) is 0 Å². The van der Waals surface area contributed by atoms with Crippen LogP contribution in [0.2, 0.25) is 0 Å². The summed E-state index contributed by atoms with van der Waals surface area (Å²) in [4.78, 5) is 2.58. The Morgan fingerprint density at radius 2 is 2.14 bits per heavy atom. The van der Waals surface area contributed by atoms with E-state index in [2.05, 4.69) is 37.1 Å². The molecule has 0 bridgehead atoms. The van der Waals surface area contributed by atoms with Gasteiger partial charge < -0.3 is 5.32 Å². The Morgan fingerprint density at radius 3 is 2.64 bits per heavy atom. The third-order valence-corrected chi connectivity index (χ3v) is 2.70.